The second-order valence-electron chi connectivity index (χ2n) is 6.37. The van der Waals surface area contributed by atoms with Gasteiger partial charge in [-0.1, -0.05) is 30.3 Å². The summed E-state index contributed by atoms with van der Waals surface area (Å²) >= 11 is 1.17. The van der Waals surface area contributed by atoms with Crippen LogP contribution < -0.4 is 9.03 Å². The Balaban J connectivity index is 1.71. The van der Waals surface area contributed by atoms with E-state index in [9.17, 15) is 16.8 Å². The Morgan fingerprint density at radius 2 is 1.71 bits per heavy atom. The van der Waals surface area contributed by atoms with Crippen LogP contribution in [0.15, 0.2) is 75.1 Å². The zero-order valence-electron chi connectivity index (χ0n) is 14.8. The minimum absolute atomic E-state index is 0.149. The molecule has 1 N–H and O–H groups in total. The van der Waals surface area contributed by atoms with E-state index < -0.39 is 20.0 Å². The SMILES string of the molecule is O=S(=O)(Nc1ccc2c(c1)N(S(=O)(=O)c1cccs1)CCC2)c1ccccc1. The number of nitrogens with zero attached hydrogens (tertiary/aromatic N) is 1. The van der Waals surface area contributed by atoms with Gasteiger partial charge in [0.2, 0.25) is 0 Å². The number of hydrogen-bond donors (Lipinski definition) is 1. The lowest BCUT2D eigenvalue weighted by molar-refractivity contribution is 0.588. The second-order valence-corrected chi connectivity index (χ2v) is 11.1. The molecule has 3 aromatic rings. The topological polar surface area (TPSA) is 83.6 Å². The summed E-state index contributed by atoms with van der Waals surface area (Å²) in [5.41, 5.74) is 1.73. The molecule has 0 saturated carbocycles. The van der Waals surface area contributed by atoms with E-state index in [1.165, 1.54) is 27.8 Å². The number of hydrogen-bond acceptors (Lipinski definition) is 5. The van der Waals surface area contributed by atoms with E-state index in [1.54, 1.807) is 53.9 Å². The number of rotatable bonds is 5. The minimum Gasteiger partial charge on any atom is -0.280 e. The summed E-state index contributed by atoms with van der Waals surface area (Å²) in [5.74, 6) is 0. The number of aryl methyl sites for hydroxylation is 1. The van der Waals surface area contributed by atoms with Crippen LogP contribution in [-0.4, -0.2) is 23.4 Å². The number of fused-ring (bicyclic) bond motifs is 1. The fourth-order valence-corrected chi connectivity index (χ4v) is 6.89. The number of anilines is 2. The Morgan fingerprint density at radius 3 is 2.43 bits per heavy atom. The molecule has 9 heteroatoms. The molecule has 1 aromatic heterocycles. The van der Waals surface area contributed by atoms with Gasteiger partial charge in [-0.05, 0) is 54.1 Å². The highest BCUT2D eigenvalue weighted by molar-refractivity contribution is 7.94. The maximum atomic E-state index is 13.0. The van der Waals surface area contributed by atoms with E-state index in [1.807, 2.05) is 0 Å². The van der Waals surface area contributed by atoms with E-state index >= 15 is 0 Å². The van der Waals surface area contributed by atoms with Gasteiger partial charge in [0.15, 0.2) is 0 Å². The molecule has 0 amide bonds. The van der Waals surface area contributed by atoms with Gasteiger partial charge >= 0.3 is 0 Å². The second kappa shape index (κ2) is 7.23. The van der Waals surface area contributed by atoms with Crippen LogP contribution in [0.3, 0.4) is 0 Å². The number of benzene rings is 2. The standard InChI is InChI=1S/C19H18N2O4S3/c22-27(23,17-7-2-1-3-8-17)20-16-11-10-15-6-4-12-21(18(15)14-16)28(24,25)19-9-5-13-26-19/h1-3,5,7-11,13-14,20H,4,6,12H2. The number of thiophene rings is 1. The van der Waals surface area contributed by atoms with Crippen LogP contribution in [-0.2, 0) is 26.5 Å². The maximum absolute atomic E-state index is 13.0. The first kappa shape index (κ1) is 19.0. The van der Waals surface area contributed by atoms with Crippen molar-refractivity contribution < 1.29 is 16.8 Å². The van der Waals surface area contributed by atoms with E-state index in [0.29, 0.717) is 24.3 Å². The first-order chi connectivity index (χ1) is 13.4. The molecule has 1 aliphatic heterocycles. The average Bonchev–Trinajstić information content (AvgIpc) is 3.23. The Hall–Kier alpha value is -2.36. The molecule has 4 rings (SSSR count). The molecule has 0 atom stereocenters. The lowest BCUT2D eigenvalue weighted by Gasteiger charge is -2.30. The Morgan fingerprint density at radius 1 is 0.929 bits per heavy atom. The normalized spacial score (nSPS) is 14.5. The Kier molecular flexibility index (Phi) is 4.90. The van der Waals surface area contributed by atoms with Gasteiger partial charge in [-0.3, -0.25) is 9.03 Å². The quantitative estimate of drug-likeness (QED) is 0.664. The van der Waals surface area contributed by atoms with Gasteiger partial charge in [-0.2, -0.15) is 0 Å². The lowest BCUT2D eigenvalue weighted by Crippen LogP contribution is -2.35. The third-order valence-electron chi connectivity index (χ3n) is 4.51. The third-order valence-corrected chi connectivity index (χ3v) is 9.09. The van der Waals surface area contributed by atoms with Crippen LogP contribution in [0.25, 0.3) is 0 Å². The van der Waals surface area contributed by atoms with E-state index in [4.69, 9.17) is 0 Å². The van der Waals surface area contributed by atoms with E-state index in [0.717, 1.165) is 12.0 Å². The van der Waals surface area contributed by atoms with Gasteiger partial charge in [0.25, 0.3) is 20.0 Å². The van der Waals surface area contributed by atoms with E-state index in [-0.39, 0.29) is 9.10 Å². The van der Waals surface area contributed by atoms with Crippen LogP contribution in [0.1, 0.15) is 12.0 Å². The fourth-order valence-electron chi connectivity index (χ4n) is 3.19. The van der Waals surface area contributed by atoms with Crippen molar-refractivity contribution in [1.29, 1.82) is 0 Å². The van der Waals surface area contributed by atoms with Crippen molar-refractivity contribution in [2.75, 3.05) is 15.6 Å². The molecule has 0 bridgehead atoms. The first-order valence-corrected chi connectivity index (χ1v) is 12.5. The van der Waals surface area contributed by atoms with Gasteiger partial charge in [0.1, 0.15) is 4.21 Å². The van der Waals surface area contributed by atoms with Crippen molar-refractivity contribution in [2.24, 2.45) is 0 Å². The van der Waals surface area contributed by atoms with Crippen LogP contribution in [0.5, 0.6) is 0 Å². The summed E-state index contributed by atoms with van der Waals surface area (Å²) < 4.78 is 55.4. The Bertz CT molecular complexity index is 1190. The van der Waals surface area contributed by atoms with Gasteiger partial charge < -0.3 is 0 Å². The van der Waals surface area contributed by atoms with Gasteiger partial charge in [-0.15, -0.1) is 11.3 Å². The van der Waals surface area contributed by atoms with Crippen molar-refractivity contribution in [3.63, 3.8) is 0 Å². The fraction of sp³-hybridized carbons (Fsp3) is 0.158. The molecule has 146 valence electrons. The zero-order valence-corrected chi connectivity index (χ0v) is 17.2. The third kappa shape index (κ3) is 3.52. The van der Waals surface area contributed by atoms with Crippen molar-refractivity contribution in [3.8, 4) is 0 Å². The van der Waals surface area contributed by atoms with Crippen LogP contribution in [0.2, 0.25) is 0 Å². The van der Waals surface area contributed by atoms with Crippen LogP contribution >= 0.6 is 11.3 Å². The molecule has 0 unspecified atom stereocenters. The number of nitrogens with one attached hydrogen (secondary N) is 1. The summed E-state index contributed by atoms with van der Waals surface area (Å²) in [6.07, 6.45) is 1.46. The summed E-state index contributed by atoms with van der Waals surface area (Å²) in [6.45, 7) is 0.363. The highest BCUT2D eigenvalue weighted by atomic mass is 32.2. The van der Waals surface area contributed by atoms with Gasteiger partial charge in [-0.25, -0.2) is 16.8 Å². The maximum Gasteiger partial charge on any atom is 0.273 e. The molecule has 1 aliphatic rings. The molecule has 0 spiro atoms. The lowest BCUT2D eigenvalue weighted by atomic mass is 10.0. The summed E-state index contributed by atoms with van der Waals surface area (Å²) in [6, 6.07) is 16.4. The summed E-state index contributed by atoms with van der Waals surface area (Å²) in [7, 11) is -7.42. The van der Waals surface area contributed by atoms with Crippen molar-refractivity contribution in [2.45, 2.75) is 21.9 Å². The van der Waals surface area contributed by atoms with Crippen molar-refractivity contribution in [1.82, 2.24) is 0 Å². The zero-order chi connectivity index (χ0) is 19.8. The molecule has 28 heavy (non-hydrogen) atoms. The first-order valence-electron chi connectivity index (χ1n) is 8.65. The molecular formula is C19H18N2O4S3. The average molecular weight is 435 g/mol. The molecule has 0 radical (unpaired) electrons. The van der Waals surface area contributed by atoms with Crippen LogP contribution in [0.4, 0.5) is 11.4 Å². The molecule has 0 fully saturated rings. The molecule has 2 heterocycles. The predicted molar refractivity (Wildman–Crippen MR) is 111 cm³/mol. The molecule has 0 saturated heterocycles. The molecule has 0 aliphatic carbocycles. The smallest absolute Gasteiger partial charge is 0.273 e. The molecular weight excluding hydrogens is 416 g/mol. The van der Waals surface area contributed by atoms with E-state index in [2.05, 4.69) is 4.72 Å². The van der Waals surface area contributed by atoms with Crippen molar-refractivity contribution >= 4 is 42.8 Å². The highest BCUT2D eigenvalue weighted by Crippen LogP contribution is 2.35. The summed E-state index contributed by atoms with van der Waals surface area (Å²) in [4.78, 5) is 0.149. The number of sulfonamides is 2. The summed E-state index contributed by atoms with van der Waals surface area (Å²) in [5, 5.41) is 1.72. The van der Waals surface area contributed by atoms with Gasteiger partial charge in [0, 0.05) is 6.54 Å². The monoisotopic (exact) mass is 434 g/mol. The largest absolute Gasteiger partial charge is 0.280 e. The van der Waals surface area contributed by atoms with Crippen molar-refractivity contribution in [3.05, 3.63) is 71.6 Å². The van der Waals surface area contributed by atoms with Crippen LogP contribution in [0, 0.1) is 0 Å². The highest BCUT2D eigenvalue weighted by Gasteiger charge is 2.30. The minimum atomic E-state index is -3.75. The Labute approximate surface area is 168 Å². The molecule has 6 nitrogen and oxygen atoms in total. The molecule has 2 aromatic carbocycles. The van der Waals surface area contributed by atoms with Gasteiger partial charge in [0.05, 0.1) is 16.3 Å². The predicted octanol–water partition coefficient (Wildman–Crippen LogP) is 3.69.